The Labute approximate surface area is 130 Å². The van der Waals surface area contributed by atoms with E-state index in [-0.39, 0.29) is 5.82 Å². The zero-order valence-electron chi connectivity index (χ0n) is 9.09. The topological polar surface area (TPSA) is 9.23 Å². The largest absolute Gasteiger partial charge is 0.456 e. The van der Waals surface area contributed by atoms with Crippen molar-refractivity contribution in [3.63, 3.8) is 0 Å². The van der Waals surface area contributed by atoms with Crippen LogP contribution in [0, 0.1) is 5.82 Å². The second kappa shape index (κ2) is 6.17. The van der Waals surface area contributed by atoms with E-state index in [4.69, 9.17) is 4.74 Å². The number of rotatable bonds is 3. The number of halogens is 4. The SMILES string of the molecule is Fc1ccc(Br)c(Oc2ccc(Br)cc2CBr)c1. The lowest BCUT2D eigenvalue weighted by Crippen LogP contribution is -1.91. The summed E-state index contributed by atoms with van der Waals surface area (Å²) < 4.78 is 20.6. The van der Waals surface area contributed by atoms with Crippen molar-refractivity contribution in [2.24, 2.45) is 0 Å². The van der Waals surface area contributed by atoms with E-state index in [1.807, 2.05) is 18.2 Å². The summed E-state index contributed by atoms with van der Waals surface area (Å²) in [7, 11) is 0. The van der Waals surface area contributed by atoms with Crippen LogP contribution < -0.4 is 4.74 Å². The van der Waals surface area contributed by atoms with Crippen LogP contribution in [0.25, 0.3) is 0 Å². The Balaban J connectivity index is 2.36. The highest BCUT2D eigenvalue weighted by Gasteiger charge is 2.08. The van der Waals surface area contributed by atoms with Crippen molar-refractivity contribution in [2.45, 2.75) is 5.33 Å². The molecule has 5 heteroatoms. The van der Waals surface area contributed by atoms with Crippen molar-refractivity contribution in [1.82, 2.24) is 0 Å². The molecule has 0 atom stereocenters. The molecule has 0 unspecified atom stereocenters. The summed E-state index contributed by atoms with van der Waals surface area (Å²) in [6.07, 6.45) is 0. The van der Waals surface area contributed by atoms with Gasteiger partial charge in [-0.25, -0.2) is 4.39 Å². The van der Waals surface area contributed by atoms with E-state index in [0.717, 1.165) is 10.0 Å². The third kappa shape index (κ3) is 3.33. The summed E-state index contributed by atoms with van der Waals surface area (Å²) in [4.78, 5) is 0. The third-order valence-corrected chi connectivity index (χ3v) is 4.03. The van der Waals surface area contributed by atoms with Gasteiger partial charge in [-0.3, -0.25) is 0 Å². The molecule has 0 aliphatic heterocycles. The lowest BCUT2D eigenvalue weighted by molar-refractivity contribution is 0.470. The highest BCUT2D eigenvalue weighted by molar-refractivity contribution is 9.11. The van der Waals surface area contributed by atoms with Crippen LogP contribution in [-0.4, -0.2) is 0 Å². The number of hydrogen-bond donors (Lipinski definition) is 0. The number of alkyl halides is 1. The highest BCUT2D eigenvalue weighted by Crippen LogP contribution is 2.34. The molecule has 0 N–H and O–H groups in total. The molecule has 0 bridgehead atoms. The Bertz CT molecular complexity index is 572. The van der Waals surface area contributed by atoms with Crippen LogP contribution in [0.4, 0.5) is 4.39 Å². The molecule has 0 aromatic heterocycles. The smallest absolute Gasteiger partial charge is 0.144 e. The van der Waals surface area contributed by atoms with Gasteiger partial charge in [0.2, 0.25) is 0 Å². The van der Waals surface area contributed by atoms with E-state index in [9.17, 15) is 4.39 Å². The van der Waals surface area contributed by atoms with Crippen LogP contribution >= 0.6 is 47.8 Å². The van der Waals surface area contributed by atoms with Gasteiger partial charge in [0.1, 0.15) is 17.3 Å². The Morgan fingerprint density at radius 2 is 1.78 bits per heavy atom. The first kappa shape index (κ1) is 14.0. The minimum Gasteiger partial charge on any atom is -0.456 e. The molecule has 0 fully saturated rings. The fraction of sp³-hybridized carbons (Fsp3) is 0.0769. The maximum absolute atomic E-state index is 13.2. The summed E-state index contributed by atoms with van der Waals surface area (Å²) in [5, 5.41) is 0.661. The van der Waals surface area contributed by atoms with Gasteiger partial charge in [0.05, 0.1) is 4.47 Å². The molecule has 0 spiro atoms. The first-order chi connectivity index (χ1) is 8.60. The zero-order chi connectivity index (χ0) is 13.1. The lowest BCUT2D eigenvalue weighted by Gasteiger charge is -2.11. The minimum atomic E-state index is -0.328. The van der Waals surface area contributed by atoms with E-state index >= 15 is 0 Å². The molecule has 2 rings (SSSR count). The maximum Gasteiger partial charge on any atom is 0.144 e. The molecule has 2 aromatic carbocycles. The van der Waals surface area contributed by atoms with Gasteiger partial charge in [-0.15, -0.1) is 0 Å². The normalized spacial score (nSPS) is 10.4. The van der Waals surface area contributed by atoms with E-state index < -0.39 is 0 Å². The molecule has 0 radical (unpaired) electrons. The number of hydrogen-bond acceptors (Lipinski definition) is 1. The van der Waals surface area contributed by atoms with Crippen molar-refractivity contribution in [3.05, 3.63) is 56.7 Å². The molecule has 2 aromatic rings. The second-order valence-electron chi connectivity index (χ2n) is 3.56. The van der Waals surface area contributed by atoms with Gasteiger partial charge in [-0.1, -0.05) is 31.9 Å². The van der Waals surface area contributed by atoms with Crippen molar-refractivity contribution < 1.29 is 9.13 Å². The van der Waals surface area contributed by atoms with Crippen molar-refractivity contribution in [1.29, 1.82) is 0 Å². The van der Waals surface area contributed by atoms with Crippen LogP contribution in [0.5, 0.6) is 11.5 Å². The van der Waals surface area contributed by atoms with Crippen LogP contribution in [0.3, 0.4) is 0 Å². The van der Waals surface area contributed by atoms with Crippen molar-refractivity contribution in [3.8, 4) is 11.5 Å². The summed E-state index contributed by atoms with van der Waals surface area (Å²) in [5.41, 5.74) is 0.987. The van der Waals surface area contributed by atoms with Crippen LogP contribution in [0.15, 0.2) is 45.3 Å². The predicted molar refractivity (Wildman–Crippen MR) is 80.9 cm³/mol. The summed E-state index contributed by atoms with van der Waals surface area (Å²) >= 11 is 10.1. The lowest BCUT2D eigenvalue weighted by atomic mass is 10.2. The minimum absolute atomic E-state index is 0.328. The Kier molecular flexibility index (Phi) is 4.81. The fourth-order valence-electron chi connectivity index (χ4n) is 1.43. The third-order valence-electron chi connectivity index (χ3n) is 2.28. The second-order valence-corrected chi connectivity index (χ2v) is 5.89. The number of ether oxygens (including phenoxy) is 1. The first-order valence-electron chi connectivity index (χ1n) is 5.07. The summed E-state index contributed by atoms with van der Waals surface area (Å²) in [5.74, 6) is 0.826. The molecule has 0 saturated heterocycles. The van der Waals surface area contributed by atoms with E-state index in [1.54, 1.807) is 6.07 Å². The summed E-state index contributed by atoms with van der Waals surface area (Å²) in [6, 6.07) is 10.0. The van der Waals surface area contributed by atoms with Gasteiger partial charge in [0, 0.05) is 21.4 Å². The molecule has 0 aliphatic rings. The van der Waals surface area contributed by atoms with Crippen molar-refractivity contribution in [2.75, 3.05) is 0 Å². The monoisotopic (exact) mass is 436 g/mol. The quantitative estimate of drug-likeness (QED) is 0.531. The maximum atomic E-state index is 13.2. The molecular weight excluding hydrogens is 431 g/mol. The van der Waals surface area contributed by atoms with Gasteiger partial charge in [-0.2, -0.15) is 0 Å². The van der Waals surface area contributed by atoms with Crippen LogP contribution in [-0.2, 0) is 5.33 Å². The van der Waals surface area contributed by atoms with Crippen LogP contribution in [0.2, 0.25) is 0 Å². The molecule has 0 aliphatic carbocycles. The fourth-order valence-corrected chi connectivity index (χ4v) is 2.60. The standard InChI is InChI=1S/C13H8Br3FO/c14-7-8-5-9(15)1-4-12(8)18-13-6-10(17)2-3-11(13)16/h1-6H,7H2. The van der Waals surface area contributed by atoms with E-state index in [1.165, 1.54) is 12.1 Å². The average Bonchev–Trinajstić information content (AvgIpc) is 2.36. The first-order valence-corrected chi connectivity index (χ1v) is 7.78. The molecule has 94 valence electrons. The van der Waals surface area contributed by atoms with Crippen LogP contribution in [0.1, 0.15) is 5.56 Å². The molecular formula is C13H8Br3FO. The van der Waals surface area contributed by atoms with Gasteiger partial charge in [0.15, 0.2) is 0 Å². The predicted octanol–water partition coefficient (Wildman–Crippen LogP) is 6.04. The average molecular weight is 439 g/mol. The van der Waals surface area contributed by atoms with E-state index in [0.29, 0.717) is 21.3 Å². The zero-order valence-corrected chi connectivity index (χ0v) is 13.8. The molecule has 0 saturated carbocycles. The number of benzene rings is 2. The van der Waals surface area contributed by atoms with Crippen molar-refractivity contribution >= 4 is 47.8 Å². The molecule has 0 heterocycles. The van der Waals surface area contributed by atoms with Gasteiger partial charge >= 0.3 is 0 Å². The van der Waals surface area contributed by atoms with E-state index in [2.05, 4.69) is 47.8 Å². The molecule has 0 amide bonds. The molecule has 1 nitrogen and oxygen atoms in total. The molecule has 18 heavy (non-hydrogen) atoms. The Morgan fingerprint density at radius 3 is 2.50 bits per heavy atom. The van der Waals surface area contributed by atoms with Gasteiger partial charge in [0.25, 0.3) is 0 Å². The van der Waals surface area contributed by atoms with Gasteiger partial charge in [-0.05, 0) is 46.3 Å². The highest BCUT2D eigenvalue weighted by atomic mass is 79.9. The Morgan fingerprint density at radius 1 is 1.00 bits per heavy atom. The summed E-state index contributed by atoms with van der Waals surface area (Å²) in [6.45, 7) is 0. The Hall–Kier alpha value is -0.390. The van der Waals surface area contributed by atoms with Gasteiger partial charge < -0.3 is 4.74 Å².